The average molecular weight is 463 g/mol. The maximum atomic E-state index is 14.3. The predicted molar refractivity (Wildman–Crippen MR) is 121 cm³/mol. The molecular weight excluding hydrogens is 443 g/mol. The van der Waals surface area contributed by atoms with Crippen LogP contribution in [0.1, 0.15) is 27.6 Å². The van der Waals surface area contributed by atoms with E-state index in [0.29, 0.717) is 33.3 Å². The quantitative estimate of drug-likeness (QED) is 0.451. The fraction of sp³-hybridized carbons (Fsp3) is 0.120. The second kappa shape index (κ2) is 8.52. The third kappa shape index (κ3) is 3.99. The third-order valence-corrected chi connectivity index (χ3v) is 7.67. The Labute approximate surface area is 190 Å². The predicted octanol–water partition coefficient (Wildman–Crippen LogP) is 4.61. The SMILES string of the molecule is Cc1c(C(c2ccc(C#N)cc2)S(=O)(=O)c2ccccc2)c2cc(F)ccc2n1CC(=O)O. The summed E-state index contributed by atoms with van der Waals surface area (Å²) in [5.74, 6) is -1.67. The minimum atomic E-state index is -4.03. The first kappa shape index (κ1) is 22.2. The van der Waals surface area contributed by atoms with E-state index in [4.69, 9.17) is 5.26 Å². The van der Waals surface area contributed by atoms with Crippen LogP contribution in [0, 0.1) is 24.1 Å². The van der Waals surface area contributed by atoms with E-state index < -0.39 is 33.4 Å². The zero-order valence-electron chi connectivity index (χ0n) is 17.6. The number of benzene rings is 3. The summed E-state index contributed by atoms with van der Waals surface area (Å²) in [6, 6.07) is 20.0. The lowest BCUT2D eigenvalue weighted by Gasteiger charge is -2.20. The Morgan fingerprint density at radius 3 is 2.36 bits per heavy atom. The van der Waals surface area contributed by atoms with E-state index in [1.165, 1.54) is 47.0 Å². The van der Waals surface area contributed by atoms with Crippen LogP contribution in [0.2, 0.25) is 0 Å². The van der Waals surface area contributed by atoms with Crippen LogP contribution in [-0.2, 0) is 21.2 Å². The van der Waals surface area contributed by atoms with Crippen LogP contribution in [0.15, 0.2) is 77.7 Å². The van der Waals surface area contributed by atoms with Gasteiger partial charge in [-0.05, 0) is 55.0 Å². The minimum absolute atomic E-state index is 0.0781. The first-order valence-corrected chi connectivity index (χ1v) is 11.6. The number of sulfone groups is 1. The highest BCUT2D eigenvalue weighted by atomic mass is 32.2. The topological polar surface area (TPSA) is 100 Å². The Morgan fingerprint density at radius 2 is 1.76 bits per heavy atom. The number of hydrogen-bond acceptors (Lipinski definition) is 4. The van der Waals surface area contributed by atoms with Crippen LogP contribution in [0.3, 0.4) is 0 Å². The highest BCUT2D eigenvalue weighted by Crippen LogP contribution is 2.42. The number of rotatable bonds is 6. The summed E-state index contributed by atoms with van der Waals surface area (Å²) >= 11 is 0. The van der Waals surface area contributed by atoms with E-state index in [0.717, 1.165) is 0 Å². The summed E-state index contributed by atoms with van der Waals surface area (Å²) in [6.45, 7) is 1.23. The molecule has 0 aliphatic rings. The van der Waals surface area contributed by atoms with Gasteiger partial charge in [-0.25, -0.2) is 12.8 Å². The van der Waals surface area contributed by atoms with E-state index in [2.05, 4.69) is 0 Å². The van der Waals surface area contributed by atoms with Crippen molar-refractivity contribution in [3.05, 3.63) is 101 Å². The van der Waals surface area contributed by atoms with Gasteiger partial charge in [-0.2, -0.15) is 5.26 Å². The van der Waals surface area contributed by atoms with Gasteiger partial charge in [0.15, 0.2) is 9.84 Å². The van der Waals surface area contributed by atoms with Crippen LogP contribution in [0.5, 0.6) is 0 Å². The first-order valence-electron chi connectivity index (χ1n) is 10.0. The lowest BCUT2D eigenvalue weighted by atomic mass is 10.0. The molecular formula is C25H19FN2O4S. The number of aliphatic carboxylic acids is 1. The van der Waals surface area contributed by atoms with Gasteiger partial charge >= 0.3 is 5.97 Å². The molecule has 166 valence electrons. The van der Waals surface area contributed by atoms with E-state index in [-0.39, 0.29) is 4.90 Å². The second-order valence-electron chi connectivity index (χ2n) is 7.61. The number of carboxylic acid groups (broad SMARTS) is 1. The molecule has 0 fully saturated rings. The molecule has 8 heteroatoms. The largest absolute Gasteiger partial charge is 0.480 e. The van der Waals surface area contributed by atoms with Gasteiger partial charge < -0.3 is 9.67 Å². The van der Waals surface area contributed by atoms with Crippen molar-refractivity contribution in [2.24, 2.45) is 0 Å². The molecule has 0 saturated carbocycles. The van der Waals surface area contributed by atoms with Crippen molar-refractivity contribution in [3.8, 4) is 6.07 Å². The summed E-state index contributed by atoms with van der Waals surface area (Å²) in [4.78, 5) is 11.6. The molecule has 4 aromatic rings. The fourth-order valence-electron chi connectivity index (χ4n) is 4.13. The molecule has 0 aliphatic heterocycles. The lowest BCUT2D eigenvalue weighted by Crippen LogP contribution is -2.17. The molecule has 1 unspecified atom stereocenters. The molecule has 1 N–H and O–H groups in total. The summed E-state index contributed by atoms with van der Waals surface area (Å²) < 4.78 is 43.6. The maximum absolute atomic E-state index is 14.3. The van der Waals surface area contributed by atoms with Gasteiger partial charge in [0, 0.05) is 22.2 Å². The Kier molecular flexibility index (Phi) is 5.75. The summed E-state index contributed by atoms with van der Waals surface area (Å²) in [7, 11) is -4.03. The number of carboxylic acids is 1. The molecule has 1 atom stereocenters. The van der Waals surface area contributed by atoms with Crippen molar-refractivity contribution < 1.29 is 22.7 Å². The molecule has 3 aromatic carbocycles. The Hall–Kier alpha value is -3.96. The van der Waals surface area contributed by atoms with Gasteiger partial charge in [0.1, 0.15) is 17.6 Å². The van der Waals surface area contributed by atoms with Crippen molar-refractivity contribution in [3.63, 3.8) is 0 Å². The molecule has 0 amide bonds. The summed E-state index contributed by atoms with van der Waals surface area (Å²) in [5.41, 5.74) is 1.89. The monoisotopic (exact) mass is 462 g/mol. The minimum Gasteiger partial charge on any atom is -0.480 e. The van der Waals surface area contributed by atoms with Crippen molar-refractivity contribution in [2.75, 3.05) is 0 Å². The normalized spacial score (nSPS) is 12.4. The average Bonchev–Trinajstić information content (AvgIpc) is 3.05. The lowest BCUT2D eigenvalue weighted by molar-refractivity contribution is -0.137. The van der Waals surface area contributed by atoms with Gasteiger partial charge in [0.25, 0.3) is 0 Å². The van der Waals surface area contributed by atoms with Crippen LogP contribution in [0.25, 0.3) is 10.9 Å². The summed E-state index contributed by atoms with van der Waals surface area (Å²) in [6.07, 6.45) is 0. The van der Waals surface area contributed by atoms with Crippen molar-refractivity contribution in [2.45, 2.75) is 23.6 Å². The molecule has 6 nitrogen and oxygen atoms in total. The smallest absolute Gasteiger partial charge is 0.323 e. The molecule has 0 spiro atoms. The van der Waals surface area contributed by atoms with E-state index in [1.807, 2.05) is 6.07 Å². The number of hydrogen-bond donors (Lipinski definition) is 1. The number of fused-ring (bicyclic) bond motifs is 1. The van der Waals surface area contributed by atoms with Crippen molar-refractivity contribution >= 4 is 26.7 Å². The van der Waals surface area contributed by atoms with Gasteiger partial charge in [-0.1, -0.05) is 30.3 Å². The van der Waals surface area contributed by atoms with Crippen LogP contribution in [0.4, 0.5) is 4.39 Å². The first-order chi connectivity index (χ1) is 15.7. The fourth-order valence-corrected chi connectivity index (χ4v) is 6.06. The molecule has 0 radical (unpaired) electrons. The zero-order chi connectivity index (χ0) is 23.8. The van der Waals surface area contributed by atoms with E-state index >= 15 is 0 Å². The Bertz CT molecular complexity index is 1500. The number of nitriles is 1. The molecule has 1 heterocycles. The molecule has 33 heavy (non-hydrogen) atoms. The van der Waals surface area contributed by atoms with Gasteiger partial charge in [-0.15, -0.1) is 0 Å². The Balaban J connectivity index is 2.08. The molecule has 0 saturated heterocycles. The zero-order valence-corrected chi connectivity index (χ0v) is 18.4. The van der Waals surface area contributed by atoms with E-state index in [9.17, 15) is 22.7 Å². The number of aromatic nitrogens is 1. The molecule has 1 aromatic heterocycles. The van der Waals surface area contributed by atoms with E-state index in [1.54, 1.807) is 37.3 Å². The van der Waals surface area contributed by atoms with Crippen LogP contribution in [-0.4, -0.2) is 24.1 Å². The number of halogens is 1. The number of nitrogens with zero attached hydrogens (tertiary/aromatic N) is 2. The molecule has 0 bridgehead atoms. The summed E-state index contributed by atoms with van der Waals surface area (Å²) in [5, 5.41) is 17.7. The molecule has 4 rings (SSSR count). The third-order valence-electron chi connectivity index (χ3n) is 5.61. The van der Waals surface area contributed by atoms with Crippen LogP contribution >= 0.6 is 0 Å². The standard InChI is InChI=1S/C25H19FN2O4S/c1-16-24(21-13-19(26)11-12-22(21)28(16)15-23(29)30)25(18-9-7-17(14-27)8-10-18)33(31,32)20-5-3-2-4-6-20/h2-13,25H,15H2,1H3,(H,29,30). The van der Waals surface area contributed by atoms with Gasteiger partial charge in [0.2, 0.25) is 0 Å². The van der Waals surface area contributed by atoms with Crippen molar-refractivity contribution in [1.82, 2.24) is 4.57 Å². The second-order valence-corrected chi connectivity index (χ2v) is 9.65. The maximum Gasteiger partial charge on any atom is 0.323 e. The molecule has 0 aliphatic carbocycles. The van der Waals surface area contributed by atoms with Crippen LogP contribution < -0.4 is 0 Å². The highest BCUT2D eigenvalue weighted by molar-refractivity contribution is 7.92. The van der Waals surface area contributed by atoms with Gasteiger partial charge in [-0.3, -0.25) is 4.79 Å². The number of carbonyl (C=O) groups is 1. The highest BCUT2D eigenvalue weighted by Gasteiger charge is 2.35. The van der Waals surface area contributed by atoms with Gasteiger partial charge in [0.05, 0.1) is 16.5 Å². The van der Waals surface area contributed by atoms with Crippen molar-refractivity contribution in [1.29, 1.82) is 5.26 Å². The Morgan fingerprint density at radius 1 is 1.09 bits per heavy atom.